The second-order valence-electron chi connectivity index (χ2n) is 4.68. The number of rotatable bonds is 4. The summed E-state index contributed by atoms with van der Waals surface area (Å²) in [5.74, 6) is 0.0503. The van der Waals surface area contributed by atoms with Gasteiger partial charge in [0.2, 0.25) is 11.3 Å². The molecular formula is C15H16N2O3. The summed E-state index contributed by atoms with van der Waals surface area (Å²) in [5.41, 5.74) is 1.02. The summed E-state index contributed by atoms with van der Waals surface area (Å²) < 4.78 is 6.59. The first-order valence-electron chi connectivity index (χ1n) is 6.12. The molecule has 0 aliphatic rings. The van der Waals surface area contributed by atoms with Crippen LogP contribution in [0.25, 0.3) is 5.57 Å². The molecule has 20 heavy (non-hydrogen) atoms. The van der Waals surface area contributed by atoms with Gasteiger partial charge in [-0.15, -0.1) is 0 Å². The number of nitrogens with zero attached hydrogens (tertiary/aromatic N) is 2. The normalized spacial score (nSPS) is 11.4. The van der Waals surface area contributed by atoms with E-state index >= 15 is 0 Å². The maximum atomic E-state index is 12.5. The van der Waals surface area contributed by atoms with Crippen molar-refractivity contribution in [3.8, 4) is 0 Å². The largest absolute Gasteiger partial charge is 0.461 e. The number of furan rings is 1. The van der Waals surface area contributed by atoms with Gasteiger partial charge in [-0.1, -0.05) is 0 Å². The average molecular weight is 272 g/mol. The zero-order valence-electron chi connectivity index (χ0n) is 11.7. The number of Topliss-reactive ketones (excluding diaryl/α,β-unsaturated/α-hetero) is 1. The molecule has 0 atom stereocenters. The van der Waals surface area contributed by atoms with E-state index in [0.29, 0.717) is 11.1 Å². The Morgan fingerprint density at radius 3 is 2.60 bits per heavy atom. The van der Waals surface area contributed by atoms with Crippen molar-refractivity contribution in [1.29, 1.82) is 0 Å². The van der Waals surface area contributed by atoms with Crippen LogP contribution < -0.4 is 5.56 Å². The number of hydrogen-bond donors (Lipinski definition) is 0. The predicted octanol–water partition coefficient (Wildman–Crippen LogP) is 1.76. The van der Waals surface area contributed by atoms with Crippen LogP contribution in [-0.2, 0) is 7.05 Å². The van der Waals surface area contributed by atoms with Gasteiger partial charge >= 0.3 is 0 Å². The van der Waals surface area contributed by atoms with Crippen LogP contribution in [0.3, 0.4) is 0 Å². The Morgan fingerprint density at radius 1 is 1.30 bits per heavy atom. The van der Waals surface area contributed by atoms with Gasteiger partial charge in [0.25, 0.3) is 0 Å². The molecule has 2 rings (SSSR count). The lowest BCUT2D eigenvalue weighted by molar-refractivity contribution is 0.103. The van der Waals surface area contributed by atoms with Gasteiger partial charge in [0, 0.05) is 45.2 Å². The van der Waals surface area contributed by atoms with E-state index in [0.717, 1.165) is 0 Å². The summed E-state index contributed by atoms with van der Waals surface area (Å²) in [6.45, 7) is 0. The van der Waals surface area contributed by atoms with Gasteiger partial charge in [-0.25, -0.2) is 0 Å². The minimum Gasteiger partial charge on any atom is -0.461 e. The third-order valence-corrected chi connectivity index (χ3v) is 2.77. The summed E-state index contributed by atoms with van der Waals surface area (Å²) in [7, 11) is 5.31. The van der Waals surface area contributed by atoms with Gasteiger partial charge in [-0.2, -0.15) is 0 Å². The fourth-order valence-corrected chi connectivity index (χ4v) is 1.82. The lowest BCUT2D eigenvalue weighted by Gasteiger charge is -2.11. The van der Waals surface area contributed by atoms with Crippen molar-refractivity contribution in [2.24, 2.45) is 7.05 Å². The number of hydrogen-bond acceptors (Lipinski definition) is 4. The molecule has 0 spiro atoms. The van der Waals surface area contributed by atoms with Crippen molar-refractivity contribution >= 4 is 11.4 Å². The van der Waals surface area contributed by atoms with E-state index in [9.17, 15) is 9.59 Å². The Morgan fingerprint density at radius 2 is 2.05 bits per heavy atom. The van der Waals surface area contributed by atoms with Crippen molar-refractivity contribution < 1.29 is 9.21 Å². The number of carbonyl (C=O) groups excluding carboxylic acids is 1. The number of allylic oxidation sites excluding steroid dienone is 1. The number of aromatic nitrogens is 1. The zero-order chi connectivity index (χ0) is 14.7. The molecule has 5 nitrogen and oxygen atoms in total. The van der Waals surface area contributed by atoms with Crippen LogP contribution in [0.5, 0.6) is 0 Å². The second kappa shape index (κ2) is 5.61. The van der Waals surface area contributed by atoms with Crippen molar-refractivity contribution in [2.75, 3.05) is 14.1 Å². The van der Waals surface area contributed by atoms with Crippen LogP contribution in [0, 0.1) is 0 Å². The van der Waals surface area contributed by atoms with E-state index in [-0.39, 0.29) is 17.1 Å². The topological polar surface area (TPSA) is 55.5 Å². The van der Waals surface area contributed by atoms with Gasteiger partial charge in [-0.05, 0) is 18.2 Å². The Hall–Kier alpha value is -2.56. The smallest absolute Gasteiger partial charge is 0.250 e. The molecule has 5 heteroatoms. The van der Waals surface area contributed by atoms with Crippen LogP contribution >= 0.6 is 0 Å². The molecule has 104 valence electrons. The maximum Gasteiger partial charge on any atom is 0.250 e. The SMILES string of the molecule is CN(C)/C=C(\C(=O)c1ccco1)c1ccc(=O)n(C)c1. The van der Waals surface area contributed by atoms with Crippen molar-refractivity contribution in [3.63, 3.8) is 0 Å². The van der Waals surface area contributed by atoms with Crippen LogP contribution in [-0.4, -0.2) is 29.3 Å². The number of pyridine rings is 1. The van der Waals surface area contributed by atoms with Gasteiger partial charge in [0.1, 0.15) is 0 Å². The molecule has 2 aromatic rings. The first-order valence-corrected chi connectivity index (χ1v) is 6.12. The molecule has 0 saturated heterocycles. The van der Waals surface area contributed by atoms with E-state index < -0.39 is 0 Å². The number of aryl methyl sites for hydroxylation is 1. The summed E-state index contributed by atoms with van der Waals surface area (Å²) in [5, 5.41) is 0. The van der Waals surface area contributed by atoms with E-state index in [1.165, 1.54) is 16.9 Å². The minimum absolute atomic E-state index is 0.122. The lowest BCUT2D eigenvalue weighted by Crippen LogP contribution is -2.16. The highest BCUT2D eigenvalue weighted by molar-refractivity contribution is 6.27. The molecule has 0 saturated carbocycles. The molecule has 2 heterocycles. The standard InChI is InChI=1S/C15H16N2O3/c1-16(2)10-12(15(19)13-5-4-8-20-13)11-6-7-14(18)17(3)9-11/h4-10H,1-3H3/b12-10-. The molecule has 0 N–H and O–H groups in total. The summed E-state index contributed by atoms with van der Waals surface area (Å²) in [6.07, 6.45) is 4.81. The van der Waals surface area contributed by atoms with Crippen LogP contribution in [0.15, 0.2) is 52.1 Å². The summed E-state index contributed by atoms with van der Waals surface area (Å²) in [6, 6.07) is 6.36. The van der Waals surface area contributed by atoms with Crippen molar-refractivity contribution in [1.82, 2.24) is 9.47 Å². The zero-order valence-corrected chi connectivity index (χ0v) is 11.7. The first-order chi connectivity index (χ1) is 9.49. The summed E-state index contributed by atoms with van der Waals surface area (Å²) >= 11 is 0. The third kappa shape index (κ3) is 2.88. The molecule has 0 amide bonds. The number of carbonyl (C=O) groups is 1. The Balaban J connectivity index is 2.51. The van der Waals surface area contributed by atoms with Crippen LogP contribution in [0.4, 0.5) is 0 Å². The monoisotopic (exact) mass is 272 g/mol. The molecule has 0 bridgehead atoms. The predicted molar refractivity (Wildman–Crippen MR) is 76.4 cm³/mol. The molecule has 0 aliphatic heterocycles. The van der Waals surface area contributed by atoms with Gasteiger partial charge in [0.05, 0.1) is 11.8 Å². The summed E-state index contributed by atoms with van der Waals surface area (Å²) in [4.78, 5) is 25.7. The Kier molecular flexibility index (Phi) is 3.89. The van der Waals surface area contributed by atoms with Gasteiger partial charge in [-0.3, -0.25) is 9.59 Å². The lowest BCUT2D eigenvalue weighted by atomic mass is 10.0. The highest BCUT2D eigenvalue weighted by Gasteiger charge is 2.17. The maximum absolute atomic E-state index is 12.5. The molecule has 0 unspecified atom stereocenters. The third-order valence-electron chi connectivity index (χ3n) is 2.77. The van der Waals surface area contributed by atoms with Crippen LogP contribution in [0.1, 0.15) is 16.1 Å². The van der Waals surface area contributed by atoms with Crippen LogP contribution in [0.2, 0.25) is 0 Å². The first kappa shape index (κ1) is 13.9. The molecule has 0 aromatic carbocycles. The molecule has 2 aromatic heterocycles. The van der Waals surface area contributed by atoms with Gasteiger partial charge in [0.15, 0.2) is 5.76 Å². The van der Waals surface area contributed by atoms with E-state index in [2.05, 4.69) is 0 Å². The van der Waals surface area contributed by atoms with E-state index in [4.69, 9.17) is 4.42 Å². The van der Waals surface area contributed by atoms with Crippen molar-refractivity contribution in [3.05, 3.63) is 64.6 Å². The fraction of sp³-hybridized carbons (Fsp3) is 0.200. The highest BCUT2D eigenvalue weighted by atomic mass is 16.3. The second-order valence-corrected chi connectivity index (χ2v) is 4.68. The number of ketones is 1. The van der Waals surface area contributed by atoms with Crippen molar-refractivity contribution in [2.45, 2.75) is 0 Å². The van der Waals surface area contributed by atoms with E-state index in [1.807, 2.05) is 14.1 Å². The molecular weight excluding hydrogens is 256 g/mol. The highest BCUT2D eigenvalue weighted by Crippen LogP contribution is 2.19. The molecule has 0 fully saturated rings. The quantitative estimate of drug-likeness (QED) is 0.628. The molecule has 0 radical (unpaired) electrons. The average Bonchev–Trinajstić information content (AvgIpc) is 2.92. The van der Waals surface area contributed by atoms with Gasteiger partial charge < -0.3 is 13.9 Å². The minimum atomic E-state index is -0.220. The molecule has 0 aliphatic carbocycles. The fourth-order valence-electron chi connectivity index (χ4n) is 1.82. The Bertz CT molecular complexity index is 694. The Labute approximate surface area is 116 Å². The van der Waals surface area contributed by atoms with E-state index in [1.54, 1.807) is 42.5 Å².